The summed E-state index contributed by atoms with van der Waals surface area (Å²) < 4.78 is 40.5. The fourth-order valence-electron chi connectivity index (χ4n) is 3.37. The van der Waals surface area contributed by atoms with Gasteiger partial charge in [-0.15, -0.1) is 21.5 Å². The molecule has 10 heteroatoms. The SMILES string of the molecule is O=C(NCc1cccs1)C1CCCN(c2nnc3ccc(C(F)(F)F)cn23)C1. The highest BCUT2D eigenvalue weighted by atomic mass is 32.1. The summed E-state index contributed by atoms with van der Waals surface area (Å²) in [6.07, 6.45) is -1.95. The molecule has 4 heterocycles. The molecule has 0 aromatic carbocycles. The zero-order valence-corrected chi connectivity index (χ0v) is 15.6. The maximum absolute atomic E-state index is 13.0. The van der Waals surface area contributed by atoms with E-state index in [4.69, 9.17) is 0 Å². The first-order valence-corrected chi connectivity index (χ1v) is 9.77. The highest BCUT2D eigenvalue weighted by Gasteiger charge is 2.32. The molecule has 0 radical (unpaired) electrons. The summed E-state index contributed by atoms with van der Waals surface area (Å²) in [6.45, 7) is 1.49. The molecule has 3 aromatic heterocycles. The summed E-state index contributed by atoms with van der Waals surface area (Å²) in [6, 6.07) is 6.18. The summed E-state index contributed by atoms with van der Waals surface area (Å²) in [7, 11) is 0. The Bertz CT molecular complexity index is 969. The van der Waals surface area contributed by atoms with Gasteiger partial charge in [0.15, 0.2) is 5.65 Å². The summed E-state index contributed by atoms with van der Waals surface area (Å²) in [5.74, 6) is 0.0339. The Balaban J connectivity index is 1.50. The molecule has 1 aliphatic rings. The minimum absolute atomic E-state index is 0.0529. The number of amides is 1. The van der Waals surface area contributed by atoms with Gasteiger partial charge in [0.25, 0.3) is 0 Å². The molecule has 3 aromatic rings. The van der Waals surface area contributed by atoms with Gasteiger partial charge in [0, 0.05) is 24.2 Å². The van der Waals surface area contributed by atoms with Crippen LogP contribution in [-0.2, 0) is 17.5 Å². The number of thiophene rings is 1. The number of pyridine rings is 1. The Kier molecular flexibility index (Phi) is 4.96. The van der Waals surface area contributed by atoms with Crippen LogP contribution in [0.4, 0.5) is 19.1 Å². The fraction of sp³-hybridized carbons (Fsp3) is 0.389. The number of carbonyl (C=O) groups is 1. The molecule has 1 N–H and O–H groups in total. The van der Waals surface area contributed by atoms with Gasteiger partial charge in [-0.25, -0.2) is 0 Å². The van der Waals surface area contributed by atoms with Crippen LogP contribution in [0.3, 0.4) is 0 Å². The quantitative estimate of drug-likeness (QED) is 0.718. The van der Waals surface area contributed by atoms with Crippen molar-refractivity contribution in [3.63, 3.8) is 0 Å². The van der Waals surface area contributed by atoms with Gasteiger partial charge >= 0.3 is 6.18 Å². The maximum atomic E-state index is 13.0. The molecule has 0 spiro atoms. The van der Waals surface area contributed by atoms with Gasteiger partial charge in [0.1, 0.15) is 0 Å². The third-order valence-corrected chi connectivity index (χ3v) is 5.68. The molecule has 1 saturated heterocycles. The summed E-state index contributed by atoms with van der Waals surface area (Å²) in [5.41, 5.74) is -0.421. The summed E-state index contributed by atoms with van der Waals surface area (Å²) in [5, 5.41) is 12.9. The molecular formula is C18H18F3N5OS. The van der Waals surface area contributed by atoms with Gasteiger partial charge in [0.2, 0.25) is 11.9 Å². The lowest BCUT2D eigenvalue weighted by atomic mass is 9.97. The number of nitrogens with one attached hydrogen (secondary N) is 1. The van der Waals surface area contributed by atoms with Crippen molar-refractivity contribution in [3.05, 3.63) is 46.3 Å². The highest BCUT2D eigenvalue weighted by Crippen LogP contribution is 2.30. The highest BCUT2D eigenvalue weighted by molar-refractivity contribution is 7.09. The number of piperidine rings is 1. The maximum Gasteiger partial charge on any atom is 0.417 e. The van der Waals surface area contributed by atoms with E-state index in [1.54, 1.807) is 11.3 Å². The van der Waals surface area contributed by atoms with Crippen LogP contribution < -0.4 is 10.2 Å². The largest absolute Gasteiger partial charge is 0.417 e. The molecule has 0 saturated carbocycles. The molecule has 28 heavy (non-hydrogen) atoms. The zero-order chi connectivity index (χ0) is 19.7. The fourth-order valence-corrected chi connectivity index (χ4v) is 4.01. The Morgan fingerprint density at radius 3 is 2.89 bits per heavy atom. The predicted molar refractivity (Wildman–Crippen MR) is 99.1 cm³/mol. The van der Waals surface area contributed by atoms with Crippen molar-refractivity contribution in [2.75, 3.05) is 18.0 Å². The third kappa shape index (κ3) is 3.82. The Morgan fingerprint density at radius 1 is 1.29 bits per heavy atom. The van der Waals surface area contributed by atoms with Crippen LogP contribution in [0.1, 0.15) is 23.3 Å². The number of rotatable bonds is 4. The first-order valence-electron chi connectivity index (χ1n) is 8.89. The van der Waals surface area contributed by atoms with Crippen LogP contribution in [0.25, 0.3) is 5.65 Å². The van der Waals surface area contributed by atoms with Gasteiger partial charge in [0.05, 0.1) is 18.0 Å². The van der Waals surface area contributed by atoms with Gasteiger partial charge in [-0.3, -0.25) is 9.20 Å². The third-order valence-electron chi connectivity index (χ3n) is 4.80. The van der Waals surface area contributed by atoms with Crippen molar-refractivity contribution in [1.82, 2.24) is 19.9 Å². The molecule has 148 valence electrons. The lowest BCUT2D eigenvalue weighted by Gasteiger charge is -2.32. The number of aromatic nitrogens is 3. The van der Waals surface area contributed by atoms with E-state index in [-0.39, 0.29) is 11.8 Å². The molecule has 4 rings (SSSR count). The van der Waals surface area contributed by atoms with E-state index >= 15 is 0 Å². The number of carbonyl (C=O) groups excluding carboxylic acids is 1. The van der Waals surface area contributed by atoms with Gasteiger partial charge in [-0.2, -0.15) is 13.2 Å². The van der Waals surface area contributed by atoms with E-state index in [0.717, 1.165) is 30.0 Å². The van der Waals surface area contributed by atoms with Crippen LogP contribution in [0, 0.1) is 5.92 Å². The second kappa shape index (κ2) is 7.42. The van der Waals surface area contributed by atoms with Gasteiger partial charge in [-0.1, -0.05) is 6.07 Å². The lowest BCUT2D eigenvalue weighted by molar-refractivity contribution is -0.137. The monoisotopic (exact) mass is 409 g/mol. The standard InChI is InChI=1S/C18H18F3N5OS/c19-18(20,21)13-5-6-15-23-24-17(26(15)11-13)25-7-1-3-12(10-25)16(27)22-9-14-4-2-8-28-14/h2,4-6,8,11-12H,1,3,7,9-10H2,(H,22,27). The molecular weight excluding hydrogens is 391 g/mol. The van der Waals surface area contributed by atoms with E-state index in [1.165, 1.54) is 10.5 Å². The van der Waals surface area contributed by atoms with Crippen LogP contribution in [0.2, 0.25) is 0 Å². The number of hydrogen-bond acceptors (Lipinski definition) is 5. The van der Waals surface area contributed by atoms with Crippen molar-refractivity contribution in [2.24, 2.45) is 5.92 Å². The van der Waals surface area contributed by atoms with Crippen molar-refractivity contribution >= 4 is 28.8 Å². The normalized spacial score (nSPS) is 17.8. The second-order valence-corrected chi connectivity index (χ2v) is 7.76. The van der Waals surface area contributed by atoms with Crippen molar-refractivity contribution < 1.29 is 18.0 Å². The van der Waals surface area contributed by atoms with Gasteiger partial charge < -0.3 is 10.2 Å². The average Bonchev–Trinajstić information content (AvgIpc) is 3.34. The van der Waals surface area contributed by atoms with Crippen molar-refractivity contribution in [1.29, 1.82) is 0 Å². The minimum Gasteiger partial charge on any atom is -0.351 e. The number of nitrogens with zero attached hydrogens (tertiary/aromatic N) is 4. The number of anilines is 1. The van der Waals surface area contributed by atoms with Crippen LogP contribution >= 0.6 is 11.3 Å². The average molecular weight is 409 g/mol. The predicted octanol–water partition coefficient (Wildman–Crippen LogP) is 3.34. The van der Waals surface area contributed by atoms with Crippen molar-refractivity contribution in [3.8, 4) is 0 Å². The zero-order valence-electron chi connectivity index (χ0n) is 14.8. The van der Waals surface area contributed by atoms with Crippen LogP contribution in [0.15, 0.2) is 35.8 Å². The first-order chi connectivity index (χ1) is 13.4. The number of fused-ring (bicyclic) bond motifs is 1. The molecule has 0 bridgehead atoms. The van der Waals surface area contributed by atoms with E-state index in [2.05, 4.69) is 15.5 Å². The molecule has 1 amide bonds. The number of alkyl halides is 3. The summed E-state index contributed by atoms with van der Waals surface area (Å²) >= 11 is 1.58. The van der Waals surface area contributed by atoms with E-state index in [0.29, 0.717) is 31.2 Å². The molecule has 1 unspecified atom stereocenters. The van der Waals surface area contributed by atoms with Crippen LogP contribution in [0.5, 0.6) is 0 Å². The molecule has 1 aliphatic heterocycles. The lowest BCUT2D eigenvalue weighted by Crippen LogP contribution is -2.43. The van der Waals surface area contributed by atoms with Gasteiger partial charge in [-0.05, 0) is 36.4 Å². The molecule has 1 fully saturated rings. The molecule has 6 nitrogen and oxygen atoms in total. The second-order valence-electron chi connectivity index (χ2n) is 6.73. The molecule has 1 atom stereocenters. The summed E-state index contributed by atoms with van der Waals surface area (Å²) in [4.78, 5) is 15.4. The van der Waals surface area contributed by atoms with E-state index in [9.17, 15) is 18.0 Å². The van der Waals surface area contributed by atoms with E-state index in [1.807, 2.05) is 22.4 Å². The first kappa shape index (κ1) is 18.7. The van der Waals surface area contributed by atoms with E-state index < -0.39 is 11.7 Å². The number of halogens is 3. The topological polar surface area (TPSA) is 62.5 Å². The van der Waals surface area contributed by atoms with Crippen LogP contribution in [-0.4, -0.2) is 33.6 Å². The Hall–Kier alpha value is -2.62. The Morgan fingerprint density at radius 2 is 2.14 bits per heavy atom. The Labute approximate surface area is 163 Å². The minimum atomic E-state index is -4.44. The smallest absolute Gasteiger partial charge is 0.351 e. The van der Waals surface area contributed by atoms with Crippen molar-refractivity contribution in [2.45, 2.75) is 25.6 Å². The number of hydrogen-bond donors (Lipinski definition) is 1. The molecule has 0 aliphatic carbocycles.